The molecular weight excluding hydrogens is 364 g/mol. The molecule has 0 heterocycles. The maximum absolute atomic E-state index is 12.4. The summed E-state index contributed by atoms with van der Waals surface area (Å²) in [6, 6.07) is 7.15. The van der Waals surface area contributed by atoms with E-state index in [0.29, 0.717) is 22.8 Å². The van der Waals surface area contributed by atoms with Crippen molar-refractivity contribution < 1.29 is 23.9 Å². The van der Waals surface area contributed by atoms with Crippen LogP contribution in [-0.2, 0) is 6.54 Å². The van der Waals surface area contributed by atoms with Crippen molar-refractivity contribution in [2.24, 2.45) is 0 Å². The fourth-order valence-electron chi connectivity index (χ4n) is 2.36. The first-order valence-electron chi connectivity index (χ1n) is 7.42. The average molecular weight is 381 g/mol. The number of ether oxygens (including phenoxy) is 3. The summed E-state index contributed by atoms with van der Waals surface area (Å²) in [5.74, 6) is 0.679. The van der Waals surface area contributed by atoms with Crippen molar-refractivity contribution in [3.63, 3.8) is 0 Å². The van der Waals surface area contributed by atoms with E-state index < -0.39 is 10.8 Å². The van der Waals surface area contributed by atoms with Gasteiger partial charge in [0.2, 0.25) is 5.75 Å². The number of hydrogen-bond acceptors (Lipinski definition) is 6. The number of amides is 1. The summed E-state index contributed by atoms with van der Waals surface area (Å²) in [7, 11) is 4.45. The van der Waals surface area contributed by atoms with Crippen LogP contribution in [0.5, 0.6) is 17.2 Å². The third-order valence-corrected chi connectivity index (χ3v) is 3.81. The Morgan fingerprint density at radius 1 is 1.12 bits per heavy atom. The Labute approximate surface area is 154 Å². The molecule has 0 spiro atoms. The van der Waals surface area contributed by atoms with Crippen LogP contribution in [0.2, 0.25) is 5.02 Å². The van der Waals surface area contributed by atoms with Gasteiger partial charge in [0.05, 0.1) is 26.3 Å². The third kappa shape index (κ3) is 4.15. The summed E-state index contributed by atoms with van der Waals surface area (Å²) < 4.78 is 15.7. The van der Waals surface area contributed by atoms with Gasteiger partial charge < -0.3 is 19.5 Å². The van der Waals surface area contributed by atoms with Gasteiger partial charge in [-0.1, -0.05) is 11.6 Å². The standard InChI is InChI=1S/C17H17ClN2O6/c1-24-14-6-10(7-15(25-2)16(14)26-3)9-19-17(21)12-8-11(18)4-5-13(12)20(22)23/h4-8H,9H2,1-3H3,(H,19,21). The summed E-state index contributed by atoms with van der Waals surface area (Å²) in [6.07, 6.45) is 0. The number of carbonyl (C=O) groups is 1. The van der Waals surface area contributed by atoms with Crippen LogP contribution >= 0.6 is 11.6 Å². The van der Waals surface area contributed by atoms with E-state index >= 15 is 0 Å². The minimum Gasteiger partial charge on any atom is -0.493 e. The number of nitrogens with zero attached hydrogens (tertiary/aromatic N) is 1. The number of benzene rings is 2. The van der Waals surface area contributed by atoms with Gasteiger partial charge in [-0.25, -0.2) is 0 Å². The smallest absolute Gasteiger partial charge is 0.282 e. The molecule has 0 fully saturated rings. The minimum atomic E-state index is -0.634. The van der Waals surface area contributed by atoms with E-state index in [1.807, 2.05) is 0 Å². The molecule has 2 aromatic carbocycles. The second-order valence-electron chi connectivity index (χ2n) is 5.13. The lowest BCUT2D eigenvalue weighted by atomic mass is 10.1. The van der Waals surface area contributed by atoms with Gasteiger partial charge in [-0.05, 0) is 29.8 Å². The van der Waals surface area contributed by atoms with Crippen LogP contribution in [0.4, 0.5) is 5.69 Å². The summed E-state index contributed by atoms with van der Waals surface area (Å²) in [4.78, 5) is 22.8. The highest BCUT2D eigenvalue weighted by Gasteiger charge is 2.21. The molecule has 8 nitrogen and oxygen atoms in total. The maximum Gasteiger partial charge on any atom is 0.282 e. The number of nitro benzene ring substituents is 1. The first-order valence-corrected chi connectivity index (χ1v) is 7.80. The molecule has 138 valence electrons. The fourth-order valence-corrected chi connectivity index (χ4v) is 2.54. The Bertz CT molecular complexity index is 815. The molecule has 0 radical (unpaired) electrons. The molecule has 0 unspecified atom stereocenters. The van der Waals surface area contributed by atoms with Gasteiger partial charge >= 0.3 is 0 Å². The van der Waals surface area contributed by atoms with E-state index in [4.69, 9.17) is 25.8 Å². The minimum absolute atomic E-state index is 0.0964. The number of carbonyl (C=O) groups excluding carboxylic acids is 1. The molecular formula is C17H17ClN2O6. The molecule has 26 heavy (non-hydrogen) atoms. The highest BCUT2D eigenvalue weighted by atomic mass is 35.5. The fraction of sp³-hybridized carbons (Fsp3) is 0.235. The Morgan fingerprint density at radius 3 is 2.23 bits per heavy atom. The van der Waals surface area contributed by atoms with E-state index in [0.717, 1.165) is 0 Å². The zero-order valence-electron chi connectivity index (χ0n) is 14.4. The van der Waals surface area contributed by atoms with Gasteiger partial charge in [-0.2, -0.15) is 0 Å². The van der Waals surface area contributed by atoms with Gasteiger partial charge in [-0.3, -0.25) is 14.9 Å². The normalized spacial score (nSPS) is 10.2. The third-order valence-electron chi connectivity index (χ3n) is 3.58. The molecule has 0 aliphatic heterocycles. The predicted molar refractivity (Wildman–Crippen MR) is 95.4 cm³/mol. The van der Waals surface area contributed by atoms with Crippen LogP contribution in [0.3, 0.4) is 0 Å². The molecule has 1 N–H and O–H groups in total. The van der Waals surface area contributed by atoms with E-state index in [9.17, 15) is 14.9 Å². The van der Waals surface area contributed by atoms with Crippen molar-refractivity contribution in [1.82, 2.24) is 5.32 Å². The van der Waals surface area contributed by atoms with Crippen molar-refractivity contribution in [3.8, 4) is 17.2 Å². The van der Waals surface area contributed by atoms with Gasteiger partial charge in [0, 0.05) is 17.6 Å². The van der Waals surface area contributed by atoms with E-state index in [1.54, 1.807) is 12.1 Å². The zero-order valence-corrected chi connectivity index (χ0v) is 15.1. The van der Waals surface area contributed by atoms with Crippen molar-refractivity contribution in [1.29, 1.82) is 0 Å². The number of methoxy groups -OCH3 is 3. The summed E-state index contributed by atoms with van der Waals surface area (Å²) in [5, 5.41) is 13.9. The highest BCUT2D eigenvalue weighted by molar-refractivity contribution is 6.31. The molecule has 0 aliphatic carbocycles. The van der Waals surface area contributed by atoms with E-state index in [-0.39, 0.29) is 22.8 Å². The number of nitrogens with one attached hydrogen (secondary N) is 1. The largest absolute Gasteiger partial charge is 0.493 e. The molecule has 0 saturated heterocycles. The van der Waals surface area contributed by atoms with E-state index in [2.05, 4.69) is 5.32 Å². The highest BCUT2D eigenvalue weighted by Crippen LogP contribution is 2.38. The molecule has 0 atom stereocenters. The lowest BCUT2D eigenvalue weighted by molar-refractivity contribution is -0.385. The first kappa shape index (κ1) is 19.3. The molecule has 0 bridgehead atoms. The predicted octanol–water partition coefficient (Wildman–Crippen LogP) is 3.20. The molecule has 2 rings (SSSR count). The van der Waals surface area contributed by atoms with Crippen molar-refractivity contribution >= 4 is 23.2 Å². The topological polar surface area (TPSA) is 99.9 Å². The van der Waals surface area contributed by atoms with Crippen molar-refractivity contribution in [2.45, 2.75) is 6.54 Å². The van der Waals surface area contributed by atoms with Crippen molar-refractivity contribution in [2.75, 3.05) is 21.3 Å². The SMILES string of the molecule is COc1cc(CNC(=O)c2cc(Cl)ccc2[N+](=O)[O-])cc(OC)c1OC. The first-order chi connectivity index (χ1) is 12.4. The molecule has 9 heteroatoms. The molecule has 0 saturated carbocycles. The summed E-state index contributed by atoms with van der Waals surface area (Å²) >= 11 is 5.85. The Morgan fingerprint density at radius 2 is 1.73 bits per heavy atom. The second kappa shape index (κ2) is 8.39. The van der Waals surface area contributed by atoms with Gasteiger partial charge in [0.15, 0.2) is 11.5 Å². The van der Waals surface area contributed by atoms with Crippen LogP contribution in [0.15, 0.2) is 30.3 Å². The van der Waals surface area contributed by atoms with Crippen molar-refractivity contribution in [3.05, 3.63) is 56.6 Å². The number of rotatable bonds is 7. The van der Waals surface area contributed by atoms with Gasteiger partial charge in [0.25, 0.3) is 11.6 Å². The monoisotopic (exact) mass is 380 g/mol. The number of nitro groups is 1. The van der Waals surface area contributed by atoms with Gasteiger partial charge in [0.1, 0.15) is 5.56 Å². The lowest BCUT2D eigenvalue weighted by Gasteiger charge is -2.14. The zero-order chi connectivity index (χ0) is 19.3. The molecule has 0 aromatic heterocycles. The molecule has 0 aliphatic rings. The number of hydrogen-bond donors (Lipinski definition) is 1. The van der Waals surface area contributed by atoms with Crippen LogP contribution in [-0.4, -0.2) is 32.2 Å². The lowest BCUT2D eigenvalue weighted by Crippen LogP contribution is -2.23. The van der Waals surface area contributed by atoms with Crippen LogP contribution < -0.4 is 19.5 Å². The van der Waals surface area contributed by atoms with Gasteiger partial charge in [-0.15, -0.1) is 0 Å². The Hall–Kier alpha value is -3.00. The number of halogens is 1. The summed E-state index contributed by atoms with van der Waals surface area (Å²) in [6.45, 7) is 0.0964. The van der Waals surface area contributed by atoms with Crippen LogP contribution in [0.1, 0.15) is 15.9 Å². The Kier molecular flexibility index (Phi) is 6.24. The average Bonchev–Trinajstić information content (AvgIpc) is 2.64. The van der Waals surface area contributed by atoms with E-state index in [1.165, 1.54) is 39.5 Å². The second-order valence-corrected chi connectivity index (χ2v) is 5.57. The van der Waals surface area contributed by atoms with Crippen LogP contribution in [0.25, 0.3) is 0 Å². The molecule has 2 aromatic rings. The maximum atomic E-state index is 12.4. The quantitative estimate of drug-likeness (QED) is 0.584. The molecule has 1 amide bonds. The summed E-state index contributed by atoms with van der Waals surface area (Å²) in [5.41, 5.74) is 0.226. The van der Waals surface area contributed by atoms with Crippen LogP contribution in [0, 0.1) is 10.1 Å². The Balaban J connectivity index is 2.25.